The van der Waals surface area contributed by atoms with Gasteiger partial charge >= 0.3 is 11.7 Å². The second-order valence-corrected chi connectivity index (χ2v) is 8.86. The van der Waals surface area contributed by atoms with Crippen molar-refractivity contribution in [1.82, 2.24) is 10.3 Å². The summed E-state index contributed by atoms with van der Waals surface area (Å²) in [7, 11) is -2.85. The average molecular weight is 551 g/mol. The quantitative estimate of drug-likeness (QED) is 0.206. The van der Waals surface area contributed by atoms with Gasteiger partial charge in [-0.15, -0.1) is 0 Å². The SMILES string of the molecule is [2H]C([2H])([2H])OC(=O)N/C=C/CCCc1cc([O-])c(C(=O)/C(C)=C/c2cnc(Oc3ccc(F)c(Cl)c3)s2)c(=O)o1. The molecule has 0 aliphatic heterocycles. The van der Waals surface area contributed by atoms with Gasteiger partial charge in [0.1, 0.15) is 17.3 Å². The molecular formula is C25H21ClFN2O7S-. The summed E-state index contributed by atoms with van der Waals surface area (Å²) < 4.78 is 48.6. The molecule has 3 rings (SSSR count). The third-order valence-electron chi connectivity index (χ3n) is 4.71. The molecule has 1 N–H and O–H groups in total. The van der Waals surface area contributed by atoms with Crippen LogP contribution in [0.15, 0.2) is 57.5 Å². The van der Waals surface area contributed by atoms with Gasteiger partial charge in [0, 0.05) is 24.9 Å². The largest absolute Gasteiger partial charge is 0.872 e. The van der Waals surface area contributed by atoms with Gasteiger partial charge < -0.3 is 19.0 Å². The number of hydrogen-bond donors (Lipinski definition) is 1. The predicted octanol–water partition coefficient (Wildman–Crippen LogP) is 5.23. The number of aromatic nitrogens is 1. The lowest BCUT2D eigenvalue weighted by Crippen LogP contribution is -2.19. The van der Waals surface area contributed by atoms with Crippen LogP contribution in [0.3, 0.4) is 0 Å². The molecule has 0 radical (unpaired) electrons. The molecule has 9 nitrogen and oxygen atoms in total. The average Bonchev–Trinajstić information content (AvgIpc) is 3.28. The number of unbranched alkanes of at least 4 members (excludes halogenated alkanes) is 1. The van der Waals surface area contributed by atoms with Gasteiger partial charge in [0.15, 0.2) is 5.78 Å². The number of benzene rings is 1. The van der Waals surface area contributed by atoms with Crippen LogP contribution in [0.1, 0.15) is 44.9 Å². The number of aryl methyl sites for hydroxylation is 1. The topological polar surface area (TPSA) is 131 Å². The van der Waals surface area contributed by atoms with Crippen LogP contribution in [0.2, 0.25) is 5.02 Å². The number of Topliss-reactive ketones (excluding diaryl/α,β-unsaturated/α-hetero) is 1. The van der Waals surface area contributed by atoms with Crippen molar-refractivity contribution in [1.29, 1.82) is 0 Å². The van der Waals surface area contributed by atoms with Gasteiger partial charge in [0.25, 0.3) is 5.19 Å². The van der Waals surface area contributed by atoms with Crippen molar-refractivity contribution in [2.24, 2.45) is 0 Å². The molecule has 194 valence electrons. The molecule has 0 saturated heterocycles. The van der Waals surface area contributed by atoms with E-state index in [0.717, 1.165) is 23.5 Å². The fourth-order valence-corrected chi connectivity index (χ4v) is 3.94. The fraction of sp³-hybridized carbons (Fsp3) is 0.200. The number of thiazole rings is 1. The summed E-state index contributed by atoms with van der Waals surface area (Å²) in [5, 5.41) is 14.8. The summed E-state index contributed by atoms with van der Waals surface area (Å²) >= 11 is 6.81. The van der Waals surface area contributed by atoms with Gasteiger partial charge in [-0.2, -0.15) is 0 Å². The molecule has 0 unspecified atom stereocenters. The molecule has 0 aliphatic rings. The van der Waals surface area contributed by atoms with Gasteiger partial charge in [0.05, 0.1) is 26.6 Å². The van der Waals surface area contributed by atoms with E-state index < -0.39 is 41.7 Å². The number of carbonyl (C=O) groups excluding carboxylic acids is 2. The van der Waals surface area contributed by atoms with E-state index in [1.54, 1.807) is 0 Å². The number of nitrogens with zero attached hydrogens (tertiary/aromatic N) is 1. The third-order valence-corrected chi connectivity index (χ3v) is 5.83. The lowest BCUT2D eigenvalue weighted by Gasteiger charge is -2.12. The molecule has 0 spiro atoms. The number of carbonyl (C=O) groups is 2. The van der Waals surface area contributed by atoms with Gasteiger partial charge in [-0.3, -0.25) is 10.1 Å². The van der Waals surface area contributed by atoms with E-state index in [9.17, 15) is 23.9 Å². The van der Waals surface area contributed by atoms with Crippen LogP contribution in [-0.4, -0.2) is 23.9 Å². The summed E-state index contributed by atoms with van der Waals surface area (Å²) in [5.41, 5.74) is -1.60. The van der Waals surface area contributed by atoms with Gasteiger partial charge in [-0.1, -0.05) is 34.8 Å². The van der Waals surface area contributed by atoms with E-state index in [1.807, 2.05) is 0 Å². The first-order chi connectivity index (χ1) is 18.8. The molecule has 2 heterocycles. The zero-order valence-corrected chi connectivity index (χ0v) is 20.8. The number of allylic oxidation sites excluding steroid dienone is 2. The lowest BCUT2D eigenvalue weighted by molar-refractivity contribution is -0.269. The van der Waals surface area contributed by atoms with Gasteiger partial charge in [0.2, 0.25) is 0 Å². The number of ether oxygens (including phenoxy) is 2. The first-order valence-electron chi connectivity index (χ1n) is 12.1. The number of halogens is 2. The molecule has 0 bridgehead atoms. The number of amides is 1. The highest BCUT2D eigenvalue weighted by Gasteiger charge is 2.17. The first-order valence-corrected chi connectivity index (χ1v) is 11.8. The summed E-state index contributed by atoms with van der Waals surface area (Å²) in [6, 6.07) is 4.89. The molecule has 0 fully saturated rings. The number of methoxy groups -OCH3 is 1. The molecule has 0 atom stereocenters. The first kappa shape index (κ1) is 23.4. The Kier molecular flexibility index (Phi) is 8.13. The van der Waals surface area contributed by atoms with Crippen molar-refractivity contribution in [3.05, 3.63) is 85.8 Å². The second-order valence-electron chi connectivity index (χ2n) is 7.43. The smallest absolute Gasteiger partial charge is 0.410 e. The zero-order valence-electron chi connectivity index (χ0n) is 22.2. The van der Waals surface area contributed by atoms with E-state index in [-0.39, 0.29) is 33.7 Å². The molecule has 0 aliphatic carbocycles. The molecular weight excluding hydrogens is 527 g/mol. The Balaban J connectivity index is 1.58. The molecule has 12 heteroatoms. The summed E-state index contributed by atoms with van der Waals surface area (Å²) in [4.78, 5) is 41.1. The number of ketones is 1. The van der Waals surface area contributed by atoms with Gasteiger partial charge in [-0.05, 0) is 49.6 Å². The number of rotatable bonds is 10. The van der Waals surface area contributed by atoms with E-state index >= 15 is 0 Å². The monoisotopic (exact) mass is 550 g/mol. The van der Waals surface area contributed by atoms with Crippen LogP contribution in [0, 0.1) is 5.82 Å². The Morgan fingerprint density at radius 3 is 2.92 bits per heavy atom. The number of nitrogens with one attached hydrogen (secondary N) is 1. The van der Waals surface area contributed by atoms with Crippen molar-refractivity contribution in [3.63, 3.8) is 0 Å². The van der Waals surface area contributed by atoms with Crippen LogP contribution in [-0.2, 0) is 11.2 Å². The van der Waals surface area contributed by atoms with Crippen LogP contribution in [0.25, 0.3) is 6.08 Å². The van der Waals surface area contributed by atoms with E-state index in [0.29, 0.717) is 17.7 Å². The normalized spacial score (nSPS) is 13.1. The highest BCUT2D eigenvalue weighted by atomic mass is 35.5. The minimum Gasteiger partial charge on any atom is -0.872 e. The molecule has 1 amide bonds. The minimum atomic E-state index is -2.85. The van der Waals surface area contributed by atoms with Crippen LogP contribution in [0.5, 0.6) is 16.7 Å². The van der Waals surface area contributed by atoms with E-state index in [4.69, 9.17) is 24.9 Å². The molecule has 1 aromatic carbocycles. The third kappa shape index (κ3) is 7.76. The lowest BCUT2D eigenvalue weighted by atomic mass is 10.0. The maximum Gasteiger partial charge on any atom is 0.410 e. The Hall–Kier alpha value is -3.96. The fourth-order valence-electron chi connectivity index (χ4n) is 2.98. The zero-order chi connectivity index (χ0) is 29.4. The molecule has 2 aromatic heterocycles. The van der Waals surface area contributed by atoms with E-state index in [2.05, 4.69) is 15.0 Å². The van der Waals surface area contributed by atoms with Crippen LogP contribution in [0.4, 0.5) is 9.18 Å². The van der Waals surface area contributed by atoms with Gasteiger partial charge in [-0.25, -0.2) is 19.0 Å². The Morgan fingerprint density at radius 1 is 1.38 bits per heavy atom. The van der Waals surface area contributed by atoms with Crippen molar-refractivity contribution in [3.8, 4) is 16.7 Å². The molecule has 37 heavy (non-hydrogen) atoms. The maximum absolute atomic E-state index is 13.3. The highest BCUT2D eigenvalue weighted by molar-refractivity contribution is 7.14. The van der Waals surface area contributed by atoms with Crippen molar-refractivity contribution in [2.75, 3.05) is 7.04 Å². The Morgan fingerprint density at radius 2 is 2.19 bits per heavy atom. The summed E-state index contributed by atoms with van der Waals surface area (Å²) in [5.74, 6) is -1.83. The van der Waals surface area contributed by atoms with Crippen molar-refractivity contribution >= 4 is 40.9 Å². The number of hydrogen-bond acceptors (Lipinski definition) is 9. The standard InChI is InChI=1S/C25H22ClFN2O7S/c1-14(10-17-13-29-25(37-17)36-16-7-8-19(27)18(26)11-16)22(31)21-20(30)12-15(35-23(21)32)6-4-3-5-9-28-24(33)34-2/h5,7-13,30H,3-4,6H2,1-2H3,(H,28,33)/p-1/b9-5+,14-10+/i2D3. The molecule has 3 aromatic rings. The number of alkyl carbamates (subject to hydrolysis) is 1. The maximum atomic E-state index is 13.3. The Labute approximate surface area is 224 Å². The van der Waals surface area contributed by atoms with Crippen LogP contribution < -0.4 is 20.8 Å². The van der Waals surface area contributed by atoms with Crippen LogP contribution >= 0.6 is 22.9 Å². The van der Waals surface area contributed by atoms with E-state index in [1.165, 1.54) is 43.6 Å². The molecule has 0 saturated carbocycles. The summed E-state index contributed by atoms with van der Waals surface area (Å²) in [6.45, 7) is 1.43. The highest BCUT2D eigenvalue weighted by Crippen LogP contribution is 2.30. The Bertz CT molecular complexity index is 1520. The second kappa shape index (κ2) is 12.8. The predicted molar refractivity (Wildman–Crippen MR) is 134 cm³/mol. The van der Waals surface area contributed by atoms with Crippen molar-refractivity contribution in [2.45, 2.75) is 26.2 Å². The summed E-state index contributed by atoms with van der Waals surface area (Å²) in [6.07, 6.45) is 5.45. The van der Waals surface area contributed by atoms with Crippen molar-refractivity contribution < 1.29 is 37.1 Å². The minimum absolute atomic E-state index is 0.0847.